The van der Waals surface area contributed by atoms with Crippen LogP contribution in [0.25, 0.3) is 0 Å². The predicted octanol–water partition coefficient (Wildman–Crippen LogP) is 2.74. The average molecular weight is 315 g/mol. The molecule has 0 heterocycles. The van der Waals surface area contributed by atoms with Crippen LogP contribution in [0.15, 0.2) is 18.2 Å². The van der Waals surface area contributed by atoms with Gasteiger partial charge in [-0.05, 0) is 37.1 Å². The number of ether oxygens (including phenoxy) is 1. The fraction of sp³-hybridized carbons (Fsp3) is 0.385. The first-order chi connectivity index (χ1) is 8.45. The van der Waals surface area contributed by atoms with Crippen LogP contribution in [-0.4, -0.2) is 23.5 Å². The molecular weight excluding hydrogens is 300 g/mol. The van der Waals surface area contributed by atoms with Crippen molar-refractivity contribution in [3.63, 3.8) is 0 Å². The molecule has 0 radical (unpaired) electrons. The molecule has 0 saturated carbocycles. The standard InChI is InChI=1S/C13H15BrO4/c1-3-18-10-4-5-11(13(14)8(2)15)9(6-10)7-12(16)17/h4-6,13H,3,7H2,1-2H3,(H,16,17). The summed E-state index contributed by atoms with van der Waals surface area (Å²) in [5.74, 6) is -0.389. The minimum atomic E-state index is -0.937. The van der Waals surface area contributed by atoms with Crippen molar-refractivity contribution in [2.45, 2.75) is 25.1 Å². The number of carboxylic acids is 1. The average Bonchev–Trinajstić information content (AvgIpc) is 2.28. The van der Waals surface area contributed by atoms with Crippen molar-refractivity contribution in [3.05, 3.63) is 29.3 Å². The number of Topliss-reactive ketones (excluding diaryl/α,β-unsaturated/α-hetero) is 1. The van der Waals surface area contributed by atoms with Crippen molar-refractivity contribution in [1.82, 2.24) is 0 Å². The largest absolute Gasteiger partial charge is 0.494 e. The molecule has 1 aromatic rings. The van der Waals surface area contributed by atoms with Gasteiger partial charge in [-0.1, -0.05) is 22.0 Å². The Labute approximate surface area is 114 Å². The summed E-state index contributed by atoms with van der Waals surface area (Å²) in [6, 6.07) is 5.13. The van der Waals surface area contributed by atoms with E-state index < -0.39 is 10.8 Å². The van der Waals surface area contributed by atoms with Crippen molar-refractivity contribution in [1.29, 1.82) is 0 Å². The Kier molecular flexibility index (Phi) is 5.34. The molecule has 1 rings (SSSR count). The van der Waals surface area contributed by atoms with Gasteiger partial charge >= 0.3 is 5.97 Å². The second kappa shape index (κ2) is 6.54. The van der Waals surface area contributed by atoms with Crippen LogP contribution in [0.5, 0.6) is 5.75 Å². The lowest BCUT2D eigenvalue weighted by Gasteiger charge is -2.13. The second-order valence-corrected chi connectivity index (χ2v) is 4.75. The molecule has 5 heteroatoms. The van der Waals surface area contributed by atoms with Crippen LogP contribution in [-0.2, 0) is 16.0 Å². The molecule has 0 aliphatic heterocycles. The van der Waals surface area contributed by atoms with Gasteiger partial charge in [0.2, 0.25) is 0 Å². The topological polar surface area (TPSA) is 63.6 Å². The van der Waals surface area contributed by atoms with E-state index in [1.165, 1.54) is 6.92 Å². The van der Waals surface area contributed by atoms with Crippen molar-refractivity contribution in [2.75, 3.05) is 6.61 Å². The Bertz CT molecular complexity index is 456. The van der Waals surface area contributed by atoms with E-state index in [0.29, 0.717) is 23.5 Å². The molecule has 0 aliphatic rings. The highest BCUT2D eigenvalue weighted by Crippen LogP contribution is 2.30. The quantitative estimate of drug-likeness (QED) is 0.820. The van der Waals surface area contributed by atoms with E-state index in [0.717, 1.165) is 0 Å². The maximum atomic E-state index is 11.4. The first-order valence-corrected chi connectivity index (χ1v) is 6.49. The van der Waals surface area contributed by atoms with Crippen LogP contribution < -0.4 is 4.74 Å². The molecule has 4 nitrogen and oxygen atoms in total. The molecule has 1 atom stereocenters. The number of alkyl halides is 1. The molecule has 0 spiro atoms. The fourth-order valence-electron chi connectivity index (χ4n) is 1.62. The molecule has 18 heavy (non-hydrogen) atoms. The van der Waals surface area contributed by atoms with Gasteiger partial charge in [0.05, 0.1) is 17.9 Å². The number of halogens is 1. The lowest BCUT2D eigenvalue weighted by molar-refractivity contribution is -0.136. The Morgan fingerprint density at radius 3 is 2.61 bits per heavy atom. The van der Waals surface area contributed by atoms with Gasteiger partial charge in [0, 0.05) is 0 Å². The number of carbonyl (C=O) groups excluding carboxylic acids is 1. The van der Waals surface area contributed by atoms with Gasteiger partial charge in [0.15, 0.2) is 0 Å². The zero-order valence-electron chi connectivity index (χ0n) is 10.3. The van der Waals surface area contributed by atoms with E-state index in [9.17, 15) is 9.59 Å². The third kappa shape index (κ3) is 3.84. The SMILES string of the molecule is CCOc1ccc(C(Br)C(C)=O)c(CC(=O)O)c1. The monoisotopic (exact) mass is 314 g/mol. The van der Waals surface area contributed by atoms with Gasteiger partial charge in [-0.25, -0.2) is 0 Å². The van der Waals surface area contributed by atoms with Gasteiger partial charge in [0.1, 0.15) is 11.5 Å². The molecule has 0 bridgehead atoms. The van der Waals surface area contributed by atoms with Gasteiger partial charge < -0.3 is 9.84 Å². The maximum Gasteiger partial charge on any atom is 0.307 e. The van der Waals surface area contributed by atoms with Gasteiger partial charge in [-0.3, -0.25) is 9.59 Å². The van der Waals surface area contributed by atoms with Crippen LogP contribution in [0.3, 0.4) is 0 Å². The van der Waals surface area contributed by atoms with Crippen molar-refractivity contribution in [2.24, 2.45) is 0 Å². The Morgan fingerprint density at radius 1 is 1.44 bits per heavy atom. The molecule has 0 saturated heterocycles. The second-order valence-electron chi connectivity index (χ2n) is 3.84. The Morgan fingerprint density at radius 2 is 2.11 bits per heavy atom. The summed E-state index contributed by atoms with van der Waals surface area (Å²) in [4.78, 5) is 21.7. The Balaban J connectivity index is 3.15. The first-order valence-electron chi connectivity index (χ1n) is 5.57. The van der Waals surface area contributed by atoms with E-state index in [4.69, 9.17) is 9.84 Å². The van der Waals surface area contributed by atoms with Crippen molar-refractivity contribution in [3.8, 4) is 5.75 Å². The maximum absolute atomic E-state index is 11.4. The summed E-state index contributed by atoms with van der Waals surface area (Å²) in [6.07, 6.45) is -0.133. The van der Waals surface area contributed by atoms with E-state index in [2.05, 4.69) is 15.9 Å². The van der Waals surface area contributed by atoms with Crippen molar-refractivity contribution >= 4 is 27.7 Å². The smallest absolute Gasteiger partial charge is 0.307 e. The third-order valence-corrected chi connectivity index (χ3v) is 3.54. The van der Waals surface area contributed by atoms with Crippen LogP contribution in [0.1, 0.15) is 29.8 Å². The molecule has 0 aliphatic carbocycles. The lowest BCUT2D eigenvalue weighted by Crippen LogP contribution is -2.09. The van der Waals surface area contributed by atoms with Gasteiger partial charge in [0.25, 0.3) is 0 Å². The van der Waals surface area contributed by atoms with Crippen LogP contribution in [0.4, 0.5) is 0 Å². The summed E-state index contributed by atoms with van der Waals surface area (Å²) >= 11 is 3.27. The molecule has 1 N–H and O–H groups in total. The highest BCUT2D eigenvalue weighted by atomic mass is 79.9. The van der Waals surface area contributed by atoms with Crippen molar-refractivity contribution < 1.29 is 19.4 Å². The van der Waals surface area contributed by atoms with Gasteiger partial charge in [-0.2, -0.15) is 0 Å². The Hall–Kier alpha value is -1.36. The summed E-state index contributed by atoms with van der Waals surface area (Å²) in [5.41, 5.74) is 1.26. The number of hydrogen-bond donors (Lipinski definition) is 1. The third-order valence-electron chi connectivity index (χ3n) is 2.40. The molecule has 0 amide bonds. The first kappa shape index (κ1) is 14.7. The summed E-state index contributed by atoms with van der Waals surface area (Å²) in [6.45, 7) is 3.82. The predicted molar refractivity (Wildman–Crippen MR) is 71.3 cm³/mol. The number of carboxylic acid groups (broad SMARTS) is 1. The molecule has 0 aromatic heterocycles. The molecule has 1 aromatic carbocycles. The minimum absolute atomic E-state index is 0.0641. The summed E-state index contributed by atoms with van der Waals surface area (Å²) < 4.78 is 5.33. The highest BCUT2D eigenvalue weighted by molar-refractivity contribution is 9.09. The fourth-order valence-corrected chi connectivity index (χ4v) is 2.07. The number of carbonyl (C=O) groups is 2. The summed E-state index contributed by atoms with van der Waals surface area (Å²) in [7, 11) is 0. The molecule has 98 valence electrons. The van der Waals surface area contributed by atoms with E-state index >= 15 is 0 Å². The van der Waals surface area contributed by atoms with Crippen LogP contribution >= 0.6 is 15.9 Å². The summed E-state index contributed by atoms with van der Waals surface area (Å²) in [5, 5.41) is 8.89. The van der Waals surface area contributed by atoms with Crippen LogP contribution in [0, 0.1) is 0 Å². The number of hydrogen-bond acceptors (Lipinski definition) is 3. The normalized spacial score (nSPS) is 11.9. The molecule has 1 unspecified atom stereocenters. The van der Waals surface area contributed by atoms with Crippen LogP contribution in [0.2, 0.25) is 0 Å². The number of ketones is 1. The molecular formula is C13H15BrO4. The zero-order valence-corrected chi connectivity index (χ0v) is 11.9. The van der Waals surface area contributed by atoms with E-state index in [1.807, 2.05) is 6.92 Å². The van der Waals surface area contributed by atoms with Gasteiger partial charge in [-0.15, -0.1) is 0 Å². The minimum Gasteiger partial charge on any atom is -0.494 e. The number of benzene rings is 1. The van der Waals surface area contributed by atoms with E-state index in [-0.39, 0.29) is 12.2 Å². The number of aliphatic carboxylic acids is 1. The lowest BCUT2D eigenvalue weighted by atomic mass is 10.00. The highest BCUT2D eigenvalue weighted by Gasteiger charge is 2.18. The van der Waals surface area contributed by atoms with E-state index in [1.54, 1.807) is 18.2 Å². The zero-order chi connectivity index (χ0) is 13.7. The molecule has 0 fully saturated rings. The number of rotatable bonds is 6.